The average molecular weight is 504 g/mol. The predicted molar refractivity (Wildman–Crippen MR) is 151 cm³/mol. The van der Waals surface area contributed by atoms with E-state index in [9.17, 15) is 4.79 Å². The number of hydrogen-bond donors (Lipinski definition) is 1. The van der Waals surface area contributed by atoms with Crippen LogP contribution in [0.15, 0.2) is 48.5 Å². The maximum absolute atomic E-state index is 11.1. The van der Waals surface area contributed by atoms with Crippen molar-refractivity contribution in [1.29, 1.82) is 0 Å². The summed E-state index contributed by atoms with van der Waals surface area (Å²) in [6.07, 6.45) is 23.2. The van der Waals surface area contributed by atoms with Crippen molar-refractivity contribution in [3.8, 4) is 37.2 Å². The van der Waals surface area contributed by atoms with E-state index in [4.69, 9.17) is 9.47 Å². The van der Waals surface area contributed by atoms with Gasteiger partial charge >= 0.3 is 0 Å². The number of quaternary nitrogens is 1. The number of amides is 1. The van der Waals surface area contributed by atoms with Gasteiger partial charge in [-0.25, -0.2) is 0 Å². The number of hydrogen-bond acceptors (Lipinski definition) is 3. The molecule has 5 nitrogen and oxygen atoms in total. The van der Waals surface area contributed by atoms with E-state index in [1.807, 2.05) is 17.9 Å². The van der Waals surface area contributed by atoms with Gasteiger partial charge in [0.15, 0.2) is 11.5 Å². The van der Waals surface area contributed by atoms with Gasteiger partial charge < -0.3 is 19.7 Å². The van der Waals surface area contributed by atoms with Gasteiger partial charge in [0, 0.05) is 30.5 Å². The van der Waals surface area contributed by atoms with Crippen molar-refractivity contribution < 1.29 is 19.6 Å². The summed E-state index contributed by atoms with van der Waals surface area (Å²) in [6.45, 7) is 6.01. The molecule has 2 saturated heterocycles. The van der Waals surface area contributed by atoms with Crippen LogP contribution < -0.4 is 14.8 Å². The number of para-hydroxylation sites is 1. The standard InChI is InChI=1S/C15H19NO.C13H19NO2.2C2H2/c17-11-16-9-8-14(10-15(16)13-6-7-13)12-4-2-1-3-5-12;1-3-16-13-11(10-7-8-14-9-10)5-4-6-12(13)15-2;2*1-2/h1-5,11,13-15H,6-10H2;4-6,10,14H,3,7-9H2,1-2H3;2*1-2H/p+1/t;10-;;/m.0../s1. The monoisotopic (exact) mass is 503 g/mol. The molecule has 0 bridgehead atoms. The molecule has 3 fully saturated rings. The molecule has 198 valence electrons. The minimum absolute atomic E-state index is 0.506. The zero-order valence-electron chi connectivity index (χ0n) is 22.4. The Morgan fingerprint density at radius 1 is 0.973 bits per heavy atom. The lowest BCUT2D eigenvalue weighted by Gasteiger charge is -2.37. The Bertz CT molecular complexity index is 956. The van der Waals surface area contributed by atoms with Crippen LogP contribution in [0.3, 0.4) is 0 Å². The van der Waals surface area contributed by atoms with Gasteiger partial charge in [-0.2, -0.15) is 0 Å². The molecule has 37 heavy (non-hydrogen) atoms. The smallest absolute Gasteiger partial charge is 0.209 e. The van der Waals surface area contributed by atoms with Gasteiger partial charge in [0.2, 0.25) is 6.41 Å². The molecule has 1 saturated carbocycles. The molecular weight excluding hydrogens is 460 g/mol. The van der Waals surface area contributed by atoms with Crippen LogP contribution in [0.5, 0.6) is 11.5 Å². The summed E-state index contributed by atoms with van der Waals surface area (Å²) in [5, 5.41) is 2.36. The number of ether oxygens (including phenoxy) is 2. The Balaban J connectivity index is 0.000000230. The van der Waals surface area contributed by atoms with Crippen LogP contribution in [0.25, 0.3) is 0 Å². The van der Waals surface area contributed by atoms with Crippen molar-refractivity contribution >= 4 is 6.41 Å². The molecule has 0 spiro atoms. The molecule has 1 aliphatic carbocycles. The second kappa shape index (κ2) is 16.4. The van der Waals surface area contributed by atoms with Crippen molar-refractivity contribution in [3.05, 3.63) is 59.7 Å². The van der Waals surface area contributed by atoms with Crippen LogP contribution in [0.2, 0.25) is 0 Å². The lowest BCUT2D eigenvalue weighted by molar-refractivity contribution is -0.636. The van der Waals surface area contributed by atoms with E-state index in [1.54, 1.807) is 7.11 Å². The van der Waals surface area contributed by atoms with Gasteiger partial charge in [0.05, 0.1) is 26.8 Å². The first-order chi connectivity index (χ1) is 18.2. The number of rotatable bonds is 7. The molecule has 2 aromatic carbocycles. The topological polar surface area (TPSA) is 55.4 Å². The number of carbonyl (C=O) groups excluding carboxylic acids is 1. The van der Waals surface area contributed by atoms with E-state index in [1.165, 1.54) is 36.9 Å². The van der Waals surface area contributed by atoms with Crippen LogP contribution in [0, 0.1) is 31.6 Å². The molecule has 5 heteroatoms. The van der Waals surface area contributed by atoms with E-state index in [0.717, 1.165) is 49.8 Å². The summed E-state index contributed by atoms with van der Waals surface area (Å²) >= 11 is 0. The minimum Gasteiger partial charge on any atom is -0.493 e. The normalized spacial score (nSPS) is 22.0. The Morgan fingerprint density at radius 3 is 2.27 bits per heavy atom. The molecule has 0 aromatic heterocycles. The molecule has 2 aromatic rings. The molecular formula is C32H43N2O3+. The quantitative estimate of drug-likeness (QED) is 0.449. The van der Waals surface area contributed by atoms with Gasteiger partial charge in [0.25, 0.3) is 0 Å². The maximum Gasteiger partial charge on any atom is 0.209 e. The molecule has 3 atom stereocenters. The van der Waals surface area contributed by atoms with Gasteiger partial charge in [0.1, 0.15) is 0 Å². The highest BCUT2D eigenvalue weighted by atomic mass is 16.5. The zero-order valence-corrected chi connectivity index (χ0v) is 22.4. The second-order valence-electron chi connectivity index (χ2n) is 9.49. The van der Waals surface area contributed by atoms with E-state index >= 15 is 0 Å². The Labute approximate surface area is 223 Å². The third-order valence-electron chi connectivity index (χ3n) is 7.39. The number of piperidine rings is 1. The summed E-state index contributed by atoms with van der Waals surface area (Å²) < 4.78 is 11.1. The highest BCUT2D eigenvalue weighted by Crippen LogP contribution is 2.42. The summed E-state index contributed by atoms with van der Waals surface area (Å²) in [5.74, 6) is 3.83. The Morgan fingerprint density at radius 2 is 1.70 bits per heavy atom. The van der Waals surface area contributed by atoms with Crippen molar-refractivity contribution in [2.75, 3.05) is 33.4 Å². The highest BCUT2D eigenvalue weighted by molar-refractivity contribution is 5.49. The van der Waals surface area contributed by atoms with Gasteiger partial charge in [-0.3, -0.25) is 4.79 Å². The number of nitrogens with zero attached hydrogens (tertiary/aromatic N) is 1. The van der Waals surface area contributed by atoms with Crippen LogP contribution in [0.4, 0.5) is 0 Å². The zero-order chi connectivity index (χ0) is 27.0. The molecule has 2 heterocycles. The van der Waals surface area contributed by atoms with E-state index in [2.05, 4.69) is 73.5 Å². The number of nitrogens with two attached hydrogens (primary N) is 1. The SMILES string of the molecule is C#C.C#C.CCOc1c(OC)cccc1[C@H]1CC[NH2+]C1.O=CN1CCC(c2ccccc2)CC1C1CC1. The molecule has 0 radical (unpaired) electrons. The average Bonchev–Trinajstić information content (AvgIpc) is 3.69. The van der Waals surface area contributed by atoms with Gasteiger partial charge in [-0.15, -0.1) is 25.7 Å². The maximum atomic E-state index is 11.1. The molecule has 3 aliphatic rings. The fourth-order valence-electron chi connectivity index (χ4n) is 5.47. The van der Waals surface area contributed by atoms with Crippen molar-refractivity contribution in [2.24, 2.45) is 5.92 Å². The molecule has 1 amide bonds. The fourth-order valence-corrected chi connectivity index (χ4v) is 5.47. The van der Waals surface area contributed by atoms with Gasteiger partial charge in [-0.05, 0) is 56.1 Å². The van der Waals surface area contributed by atoms with E-state index in [0.29, 0.717) is 24.5 Å². The molecule has 2 N–H and O–H groups in total. The molecule has 2 unspecified atom stereocenters. The van der Waals surface area contributed by atoms with Crippen LogP contribution in [-0.2, 0) is 4.79 Å². The highest BCUT2D eigenvalue weighted by Gasteiger charge is 2.39. The number of likely N-dealkylation sites (tertiary alicyclic amines) is 1. The number of benzene rings is 2. The van der Waals surface area contributed by atoms with Crippen LogP contribution in [-0.4, -0.2) is 50.7 Å². The van der Waals surface area contributed by atoms with Crippen LogP contribution >= 0.6 is 0 Å². The Kier molecular flexibility index (Phi) is 13.2. The number of carbonyl (C=O) groups is 1. The van der Waals surface area contributed by atoms with Crippen LogP contribution in [0.1, 0.15) is 62.0 Å². The largest absolute Gasteiger partial charge is 0.493 e. The van der Waals surface area contributed by atoms with E-state index < -0.39 is 0 Å². The first-order valence-corrected chi connectivity index (χ1v) is 13.3. The predicted octanol–water partition coefficient (Wildman–Crippen LogP) is 4.44. The van der Waals surface area contributed by atoms with Crippen molar-refractivity contribution in [1.82, 2.24) is 4.90 Å². The van der Waals surface area contributed by atoms with E-state index in [-0.39, 0.29) is 0 Å². The fraction of sp³-hybridized carbons (Fsp3) is 0.469. The van der Waals surface area contributed by atoms with Crippen molar-refractivity contribution in [3.63, 3.8) is 0 Å². The van der Waals surface area contributed by atoms with Gasteiger partial charge in [-0.1, -0.05) is 42.5 Å². The third-order valence-corrected chi connectivity index (χ3v) is 7.39. The summed E-state index contributed by atoms with van der Waals surface area (Å²) in [5.41, 5.74) is 2.75. The Hall–Kier alpha value is -3.41. The molecule has 2 aliphatic heterocycles. The molecule has 5 rings (SSSR count). The first kappa shape index (κ1) is 29.8. The third kappa shape index (κ3) is 8.31. The number of terminal acetylenes is 2. The lowest BCUT2D eigenvalue weighted by Crippen LogP contribution is -2.81. The summed E-state index contributed by atoms with van der Waals surface area (Å²) in [4.78, 5) is 13.1. The summed E-state index contributed by atoms with van der Waals surface area (Å²) in [7, 11) is 1.70. The second-order valence-corrected chi connectivity index (χ2v) is 9.49. The van der Waals surface area contributed by atoms with Crippen molar-refractivity contribution in [2.45, 2.75) is 56.9 Å². The first-order valence-electron chi connectivity index (χ1n) is 13.3. The number of methoxy groups -OCH3 is 1. The lowest BCUT2D eigenvalue weighted by atomic mass is 9.84. The summed E-state index contributed by atoms with van der Waals surface area (Å²) in [6, 6.07) is 17.4. The minimum atomic E-state index is 0.506.